The SMILES string of the molecule is O=C(O)c1occc1CN1C(=O)CCc2ccccc21. The molecule has 0 spiro atoms. The van der Waals surface area contributed by atoms with Gasteiger partial charge in [-0.1, -0.05) is 18.2 Å². The maximum atomic E-state index is 12.1. The van der Waals surface area contributed by atoms with Crippen molar-refractivity contribution in [3.05, 3.63) is 53.5 Å². The number of hydrogen-bond donors (Lipinski definition) is 1. The van der Waals surface area contributed by atoms with E-state index in [0.29, 0.717) is 12.0 Å². The zero-order chi connectivity index (χ0) is 14.1. The number of benzene rings is 1. The number of carbonyl (C=O) groups excluding carboxylic acids is 1. The molecule has 0 fully saturated rings. The Hall–Kier alpha value is -2.56. The Labute approximate surface area is 115 Å². The summed E-state index contributed by atoms with van der Waals surface area (Å²) in [7, 11) is 0. The summed E-state index contributed by atoms with van der Waals surface area (Å²) in [6, 6.07) is 9.27. The highest BCUT2D eigenvalue weighted by Crippen LogP contribution is 2.29. The van der Waals surface area contributed by atoms with Crippen LogP contribution in [0.1, 0.15) is 28.1 Å². The molecule has 1 amide bonds. The summed E-state index contributed by atoms with van der Waals surface area (Å²) in [5.74, 6) is -1.23. The van der Waals surface area contributed by atoms with Crippen molar-refractivity contribution >= 4 is 17.6 Å². The lowest BCUT2D eigenvalue weighted by Gasteiger charge is -2.29. The largest absolute Gasteiger partial charge is 0.475 e. The van der Waals surface area contributed by atoms with Gasteiger partial charge in [0.1, 0.15) is 0 Å². The van der Waals surface area contributed by atoms with Crippen molar-refractivity contribution in [2.75, 3.05) is 4.90 Å². The van der Waals surface area contributed by atoms with E-state index in [0.717, 1.165) is 17.7 Å². The van der Waals surface area contributed by atoms with Crippen LogP contribution in [0.15, 0.2) is 41.0 Å². The van der Waals surface area contributed by atoms with E-state index in [1.807, 2.05) is 24.3 Å². The Morgan fingerprint density at radius 3 is 2.85 bits per heavy atom. The van der Waals surface area contributed by atoms with Gasteiger partial charge in [-0.15, -0.1) is 0 Å². The van der Waals surface area contributed by atoms with E-state index >= 15 is 0 Å². The number of carbonyl (C=O) groups is 2. The summed E-state index contributed by atoms with van der Waals surface area (Å²) in [5, 5.41) is 9.05. The molecule has 20 heavy (non-hydrogen) atoms. The molecule has 1 aromatic carbocycles. The number of furan rings is 1. The molecule has 0 saturated carbocycles. The first-order valence-corrected chi connectivity index (χ1v) is 6.35. The van der Waals surface area contributed by atoms with Gasteiger partial charge in [0.15, 0.2) is 0 Å². The monoisotopic (exact) mass is 271 g/mol. The number of para-hydroxylation sites is 1. The van der Waals surface area contributed by atoms with Gasteiger partial charge in [0.05, 0.1) is 12.8 Å². The highest BCUT2D eigenvalue weighted by molar-refractivity contribution is 5.96. The number of anilines is 1. The first-order valence-electron chi connectivity index (χ1n) is 6.35. The van der Waals surface area contributed by atoms with Crippen molar-refractivity contribution < 1.29 is 19.1 Å². The predicted molar refractivity (Wildman–Crippen MR) is 71.6 cm³/mol. The Morgan fingerprint density at radius 2 is 2.05 bits per heavy atom. The molecule has 5 heteroatoms. The zero-order valence-corrected chi connectivity index (χ0v) is 10.7. The van der Waals surface area contributed by atoms with Gasteiger partial charge in [0, 0.05) is 17.7 Å². The van der Waals surface area contributed by atoms with Gasteiger partial charge in [-0.2, -0.15) is 0 Å². The Bertz CT molecular complexity index is 674. The lowest BCUT2D eigenvalue weighted by molar-refractivity contribution is -0.119. The third kappa shape index (κ3) is 2.07. The topological polar surface area (TPSA) is 70.8 Å². The fraction of sp³-hybridized carbons (Fsp3) is 0.200. The van der Waals surface area contributed by atoms with Crippen LogP contribution in [0.5, 0.6) is 0 Å². The summed E-state index contributed by atoms with van der Waals surface area (Å²) >= 11 is 0. The van der Waals surface area contributed by atoms with Gasteiger partial charge in [-0.3, -0.25) is 4.79 Å². The zero-order valence-electron chi connectivity index (χ0n) is 10.7. The van der Waals surface area contributed by atoms with Crippen LogP contribution in [0.3, 0.4) is 0 Å². The van der Waals surface area contributed by atoms with Crippen LogP contribution >= 0.6 is 0 Å². The Kier molecular flexibility index (Phi) is 3.02. The number of rotatable bonds is 3. The Balaban J connectivity index is 1.96. The molecular formula is C15H13NO4. The highest BCUT2D eigenvalue weighted by atomic mass is 16.4. The van der Waals surface area contributed by atoms with E-state index in [-0.39, 0.29) is 18.2 Å². The minimum Gasteiger partial charge on any atom is -0.475 e. The molecule has 0 unspecified atom stereocenters. The molecular weight excluding hydrogens is 258 g/mol. The molecule has 2 aromatic rings. The normalized spacial score (nSPS) is 14.2. The quantitative estimate of drug-likeness (QED) is 0.930. The number of nitrogens with zero attached hydrogens (tertiary/aromatic N) is 1. The highest BCUT2D eigenvalue weighted by Gasteiger charge is 2.26. The molecule has 0 bridgehead atoms. The minimum absolute atomic E-state index is 0.00115. The molecule has 0 saturated heterocycles. The molecule has 102 valence electrons. The molecule has 1 aromatic heterocycles. The average Bonchev–Trinajstić information content (AvgIpc) is 2.90. The molecule has 1 aliphatic rings. The van der Waals surface area contributed by atoms with Gasteiger partial charge in [-0.25, -0.2) is 4.79 Å². The lowest BCUT2D eigenvalue weighted by atomic mass is 10.0. The van der Waals surface area contributed by atoms with Crippen LogP contribution in [0, 0.1) is 0 Å². The Morgan fingerprint density at radius 1 is 1.25 bits per heavy atom. The van der Waals surface area contributed by atoms with Gasteiger partial charge in [0.2, 0.25) is 11.7 Å². The molecule has 2 heterocycles. The van der Waals surface area contributed by atoms with Crippen LogP contribution in [-0.2, 0) is 17.8 Å². The second-order valence-electron chi connectivity index (χ2n) is 4.69. The van der Waals surface area contributed by atoms with Gasteiger partial charge in [0.25, 0.3) is 0 Å². The molecule has 0 aliphatic carbocycles. The summed E-state index contributed by atoms with van der Waals surface area (Å²) in [6.45, 7) is 0.216. The van der Waals surface area contributed by atoms with E-state index in [1.54, 1.807) is 11.0 Å². The summed E-state index contributed by atoms with van der Waals surface area (Å²) in [5.41, 5.74) is 2.45. The first kappa shape index (κ1) is 12.5. The molecule has 1 aliphatic heterocycles. The number of aryl methyl sites for hydroxylation is 1. The maximum absolute atomic E-state index is 12.1. The lowest BCUT2D eigenvalue weighted by Crippen LogP contribution is -2.34. The summed E-state index contributed by atoms with van der Waals surface area (Å²) in [6.07, 6.45) is 2.50. The third-order valence-electron chi connectivity index (χ3n) is 3.46. The van der Waals surface area contributed by atoms with Crippen molar-refractivity contribution in [2.24, 2.45) is 0 Å². The van der Waals surface area contributed by atoms with Crippen LogP contribution in [-0.4, -0.2) is 17.0 Å². The van der Waals surface area contributed by atoms with Gasteiger partial charge < -0.3 is 14.4 Å². The van der Waals surface area contributed by atoms with Crippen LogP contribution in [0.25, 0.3) is 0 Å². The van der Waals surface area contributed by atoms with E-state index in [4.69, 9.17) is 9.52 Å². The first-order chi connectivity index (χ1) is 9.66. The number of amides is 1. The predicted octanol–water partition coefficient (Wildman–Crippen LogP) is 2.46. The number of fused-ring (bicyclic) bond motifs is 1. The number of carboxylic acid groups (broad SMARTS) is 1. The second kappa shape index (κ2) is 4.85. The van der Waals surface area contributed by atoms with Gasteiger partial charge in [-0.05, 0) is 24.1 Å². The van der Waals surface area contributed by atoms with E-state index in [2.05, 4.69) is 0 Å². The van der Waals surface area contributed by atoms with E-state index in [1.165, 1.54) is 6.26 Å². The van der Waals surface area contributed by atoms with Crippen LogP contribution < -0.4 is 4.90 Å². The third-order valence-corrected chi connectivity index (χ3v) is 3.46. The minimum atomic E-state index is -1.12. The summed E-state index contributed by atoms with van der Waals surface area (Å²) in [4.78, 5) is 24.8. The van der Waals surface area contributed by atoms with Crippen molar-refractivity contribution in [3.8, 4) is 0 Å². The van der Waals surface area contributed by atoms with Crippen LogP contribution in [0.2, 0.25) is 0 Å². The van der Waals surface area contributed by atoms with Crippen molar-refractivity contribution in [1.29, 1.82) is 0 Å². The van der Waals surface area contributed by atoms with Crippen molar-refractivity contribution in [2.45, 2.75) is 19.4 Å². The van der Waals surface area contributed by atoms with Crippen molar-refractivity contribution in [3.63, 3.8) is 0 Å². The van der Waals surface area contributed by atoms with Gasteiger partial charge >= 0.3 is 5.97 Å². The molecule has 3 rings (SSSR count). The van der Waals surface area contributed by atoms with Crippen molar-refractivity contribution in [1.82, 2.24) is 0 Å². The molecule has 0 atom stereocenters. The van der Waals surface area contributed by atoms with Crippen LogP contribution in [0.4, 0.5) is 5.69 Å². The summed E-state index contributed by atoms with van der Waals surface area (Å²) < 4.78 is 4.95. The molecule has 5 nitrogen and oxygen atoms in total. The maximum Gasteiger partial charge on any atom is 0.372 e. The van der Waals surface area contributed by atoms with E-state index in [9.17, 15) is 9.59 Å². The number of aromatic carboxylic acids is 1. The number of carboxylic acids is 1. The fourth-order valence-electron chi connectivity index (χ4n) is 2.49. The average molecular weight is 271 g/mol. The second-order valence-corrected chi connectivity index (χ2v) is 4.69. The number of hydrogen-bond acceptors (Lipinski definition) is 3. The fourth-order valence-corrected chi connectivity index (χ4v) is 2.49. The van der Waals surface area contributed by atoms with E-state index < -0.39 is 5.97 Å². The molecule has 1 N–H and O–H groups in total. The smallest absolute Gasteiger partial charge is 0.372 e. The standard InChI is InChI=1S/C15H13NO4/c17-13-6-5-10-3-1-2-4-12(10)16(13)9-11-7-8-20-14(11)15(18)19/h1-4,7-8H,5-6,9H2,(H,18,19). The molecule has 0 radical (unpaired) electrons.